The van der Waals surface area contributed by atoms with E-state index in [-0.39, 0.29) is 11.7 Å². The first kappa shape index (κ1) is 16.0. The van der Waals surface area contributed by atoms with E-state index in [2.05, 4.69) is 21.8 Å². The van der Waals surface area contributed by atoms with Crippen molar-refractivity contribution in [3.8, 4) is 0 Å². The minimum absolute atomic E-state index is 0.0837. The second kappa shape index (κ2) is 5.80. The van der Waals surface area contributed by atoms with Crippen LogP contribution in [0.25, 0.3) is 10.9 Å². The molecule has 132 valence electrons. The lowest BCUT2D eigenvalue weighted by Gasteiger charge is -2.36. The van der Waals surface area contributed by atoms with Crippen LogP contribution in [0.3, 0.4) is 0 Å². The maximum Gasteiger partial charge on any atom is 0.412 e. The lowest BCUT2D eigenvalue weighted by Crippen LogP contribution is -2.40. The highest BCUT2D eigenvalue weighted by Crippen LogP contribution is 2.40. The van der Waals surface area contributed by atoms with E-state index in [1.165, 1.54) is 12.1 Å². The van der Waals surface area contributed by atoms with Gasteiger partial charge in [-0.3, -0.25) is 4.68 Å². The first-order valence-corrected chi connectivity index (χ1v) is 8.35. The number of hydrogen-bond acceptors (Lipinski definition) is 5. The molecule has 1 aromatic heterocycles. The Bertz CT molecular complexity index is 851. The van der Waals surface area contributed by atoms with Crippen LogP contribution in [0.2, 0.25) is 0 Å². The SMILES string of the molecule is CN1C2CCC1CC(n1nc(C(=O)OC(N)=O)c3cc(F)ccc31)C2. The van der Waals surface area contributed by atoms with Crippen LogP contribution in [-0.4, -0.2) is 45.9 Å². The molecule has 2 fully saturated rings. The second-order valence-electron chi connectivity index (χ2n) is 6.84. The molecule has 1 amide bonds. The summed E-state index contributed by atoms with van der Waals surface area (Å²) in [6.45, 7) is 0. The summed E-state index contributed by atoms with van der Waals surface area (Å²) in [5.41, 5.74) is 5.49. The molecule has 4 rings (SSSR count). The molecule has 0 aliphatic carbocycles. The number of amides is 1. The number of ether oxygens (including phenoxy) is 1. The van der Waals surface area contributed by atoms with Crippen molar-refractivity contribution in [1.82, 2.24) is 14.7 Å². The van der Waals surface area contributed by atoms with Crippen molar-refractivity contribution in [2.24, 2.45) is 5.73 Å². The van der Waals surface area contributed by atoms with Gasteiger partial charge in [-0.05, 0) is 50.9 Å². The summed E-state index contributed by atoms with van der Waals surface area (Å²) in [6, 6.07) is 5.29. The predicted molar refractivity (Wildman–Crippen MR) is 87.5 cm³/mol. The number of halogens is 1. The summed E-state index contributed by atoms with van der Waals surface area (Å²) in [6.07, 6.45) is 2.95. The molecule has 0 saturated carbocycles. The number of benzene rings is 1. The minimum Gasteiger partial charge on any atom is -0.371 e. The van der Waals surface area contributed by atoms with Crippen LogP contribution in [0.1, 0.15) is 42.2 Å². The van der Waals surface area contributed by atoms with E-state index < -0.39 is 17.9 Å². The largest absolute Gasteiger partial charge is 0.412 e. The quantitative estimate of drug-likeness (QED) is 0.665. The smallest absolute Gasteiger partial charge is 0.371 e. The molecule has 2 aliphatic rings. The zero-order chi connectivity index (χ0) is 17.7. The standard InChI is InChI=1S/C17H19FN4O3/c1-21-10-3-4-11(21)8-12(7-10)22-14-5-2-9(18)6-13(14)15(20-22)16(23)25-17(19)24/h2,5-6,10-12H,3-4,7-8H2,1H3,(H2,19,24). The van der Waals surface area contributed by atoms with Gasteiger partial charge in [0.15, 0.2) is 5.69 Å². The van der Waals surface area contributed by atoms with E-state index in [4.69, 9.17) is 5.73 Å². The molecule has 0 radical (unpaired) electrons. The molecule has 2 atom stereocenters. The zero-order valence-corrected chi connectivity index (χ0v) is 13.8. The van der Waals surface area contributed by atoms with E-state index in [1.807, 2.05) is 0 Å². The molecular formula is C17H19FN4O3. The number of hydrogen-bond donors (Lipinski definition) is 1. The van der Waals surface area contributed by atoms with Gasteiger partial charge in [-0.25, -0.2) is 14.0 Å². The Morgan fingerprint density at radius 1 is 1.24 bits per heavy atom. The Hall–Kier alpha value is -2.48. The second-order valence-corrected chi connectivity index (χ2v) is 6.84. The number of nitrogens with zero attached hydrogens (tertiary/aromatic N) is 3. The third-order valence-corrected chi connectivity index (χ3v) is 5.47. The molecule has 7 nitrogen and oxygen atoms in total. The molecule has 2 aliphatic heterocycles. The number of piperidine rings is 1. The Balaban J connectivity index is 1.77. The summed E-state index contributed by atoms with van der Waals surface area (Å²) in [4.78, 5) is 25.4. The van der Waals surface area contributed by atoms with Crippen molar-refractivity contribution in [3.05, 3.63) is 29.7 Å². The van der Waals surface area contributed by atoms with Gasteiger partial charge in [0, 0.05) is 17.5 Å². The Kier molecular flexibility index (Phi) is 3.72. The molecule has 2 unspecified atom stereocenters. The average Bonchev–Trinajstić information content (AvgIpc) is 2.99. The number of fused-ring (bicyclic) bond motifs is 3. The maximum absolute atomic E-state index is 13.7. The van der Waals surface area contributed by atoms with Gasteiger partial charge in [-0.1, -0.05) is 0 Å². The Morgan fingerprint density at radius 3 is 2.56 bits per heavy atom. The summed E-state index contributed by atoms with van der Waals surface area (Å²) in [5, 5.41) is 4.71. The Morgan fingerprint density at radius 2 is 1.92 bits per heavy atom. The average molecular weight is 346 g/mol. The van der Waals surface area contributed by atoms with Crippen molar-refractivity contribution in [3.63, 3.8) is 0 Å². The van der Waals surface area contributed by atoms with Crippen LogP contribution in [0.4, 0.5) is 9.18 Å². The number of primary amides is 1. The van der Waals surface area contributed by atoms with Gasteiger partial charge in [0.2, 0.25) is 0 Å². The van der Waals surface area contributed by atoms with Gasteiger partial charge in [0.1, 0.15) is 5.82 Å². The van der Waals surface area contributed by atoms with E-state index >= 15 is 0 Å². The molecule has 25 heavy (non-hydrogen) atoms. The number of esters is 1. The molecular weight excluding hydrogens is 327 g/mol. The van der Waals surface area contributed by atoms with E-state index in [9.17, 15) is 14.0 Å². The first-order valence-electron chi connectivity index (χ1n) is 8.35. The van der Waals surface area contributed by atoms with Crippen molar-refractivity contribution in [2.75, 3.05) is 7.05 Å². The molecule has 0 spiro atoms. The summed E-state index contributed by atoms with van der Waals surface area (Å²) >= 11 is 0. The number of aromatic nitrogens is 2. The molecule has 1 aromatic carbocycles. The topological polar surface area (TPSA) is 90.4 Å². The Labute approximate surface area is 143 Å². The number of rotatable bonds is 2. The van der Waals surface area contributed by atoms with Gasteiger partial charge >= 0.3 is 12.1 Å². The van der Waals surface area contributed by atoms with Gasteiger partial charge in [-0.15, -0.1) is 0 Å². The van der Waals surface area contributed by atoms with Crippen LogP contribution in [-0.2, 0) is 4.74 Å². The predicted octanol–water partition coefficient (Wildman–Crippen LogP) is 2.21. The lowest BCUT2D eigenvalue weighted by atomic mass is 9.98. The third kappa shape index (κ3) is 2.66. The maximum atomic E-state index is 13.7. The molecule has 3 heterocycles. The van der Waals surface area contributed by atoms with E-state index in [1.54, 1.807) is 10.7 Å². The minimum atomic E-state index is -1.21. The highest BCUT2D eigenvalue weighted by Gasteiger charge is 2.40. The van der Waals surface area contributed by atoms with Gasteiger partial charge in [0.25, 0.3) is 0 Å². The van der Waals surface area contributed by atoms with Gasteiger partial charge in [0.05, 0.1) is 11.6 Å². The molecule has 2 saturated heterocycles. The first-order chi connectivity index (χ1) is 11.9. The van der Waals surface area contributed by atoms with Crippen LogP contribution in [0, 0.1) is 5.82 Å². The van der Waals surface area contributed by atoms with E-state index in [0.29, 0.717) is 23.0 Å². The lowest BCUT2D eigenvalue weighted by molar-refractivity contribution is 0.0631. The highest BCUT2D eigenvalue weighted by atomic mass is 19.1. The van der Waals surface area contributed by atoms with Crippen LogP contribution in [0.5, 0.6) is 0 Å². The highest BCUT2D eigenvalue weighted by molar-refractivity contribution is 6.05. The van der Waals surface area contributed by atoms with Crippen molar-refractivity contribution in [2.45, 2.75) is 43.8 Å². The summed E-state index contributed by atoms with van der Waals surface area (Å²) < 4.78 is 19.9. The fraction of sp³-hybridized carbons (Fsp3) is 0.471. The van der Waals surface area contributed by atoms with Crippen molar-refractivity contribution in [1.29, 1.82) is 0 Å². The third-order valence-electron chi connectivity index (χ3n) is 5.47. The fourth-order valence-corrected chi connectivity index (χ4v) is 4.26. The molecule has 2 aromatic rings. The molecule has 2 bridgehead atoms. The number of carbonyl (C=O) groups excluding carboxylic acids is 2. The zero-order valence-electron chi connectivity index (χ0n) is 13.8. The fourth-order valence-electron chi connectivity index (χ4n) is 4.26. The molecule has 8 heteroatoms. The van der Waals surface area contributed by atoms with Crippen LogP contribution < -0.4 is 5.73 Å². The number of carbonyl (C=O) groups is 2. The monoisotopic (exact) mass is 346 g/mol. The van der Waals surface area contributed by atoms with Crippen LogP contribution >= 0.6 is 0 Å². The summed E-state index contributed by atoms with van der Waals surface area (Å²) in [5.74, 6) is -1.44. The normalized spacial score (nSPS) is 26.1. The van der Waals surface area contributed by atoms with Gasteiger partial charge in [-0.2, -0.15) is 5.10 Å². The summed E-state index contributed by atoms with van der Waals surface area (Å²) in [7, 11) is 2.14. The number of nitrogens with two attached hydrogens (primary N) is 1. The van der Waals surface area contributed by atoms with Gasteiger partial charge < -0.3 is 15.4 Å². The molecule has 2 N–H and O–H groups in total. The van der Waals surface area contributed by atoms with E-state index in [0.717, 1.165) is 25.7 Å². The van der Waals surface area contributed by atoms with Crippen LogP contribution in [0.15, 0.2) is 18.2 Å². The van der Waals surface area contributed by atoms with Crippen molar-refractivity contribution >= 4 is 23.0 Å². The van der Waals surface area contributed by atoms with Crippen molar-refractivity contribution < 1.29 is 18.7 Å².